The molecule has 4 aromatic carbocycles. The van der Waals surface area contributed by atoms with Gasteiger partial charge in [-0.2, -0.15) is 0 Å². The van der Waals surface area contributed by atoms with Crippen molar-refractivity contribution >= 4 is 33.3 Å². The second-order valence-corrected chi connectivity index (χ2v) is 7.94. The molecule has 0 spiro atoms. The predicted octanol–water partition coefficient (Wildman–Crippen LogP) is 5.91. The topological polar surface area (TPSA) is 43.4 Å². The third kappa shape index (κ3) is 3.17. The summed E-state index contributed by atoms with van der Waals surface area (Å²) in [4.78, 5) is 26.2. The van der Waals surface area contributed by atoms with Crippen LogP contribution in [0.5, 0.6) is 0 Å². The zero-order valence-corrected chi connectivity index (χ0v) is 16.9. The minimum absolute atomic E-state index is 0.164. The summed E-state index contributed by atoms with van der Waals surface area (Å²) >= 11 is 0. The quantitative estimate of drug-likeness (QED) is 0.245. The van der Waals surface area contributed by atoms with Gasteiger partial charge >= 0.3 is 5.97 Å². The number of rotatable bonds is 4. The van der Waals surface area contributed by atoms with Crippen LogP contribution in [0.15, 0.2) is 72.8 Å². The molecule has 148 valence electrons. The molecule has 0 aliphatic heterocycles. The fourth-order valence-corrected chi connectivity index (χ4v) is 4.47. The van der Waals surface area contributed by atoms with Gasteiger partial charge in [-0.15, -0.1) is 0 Å². The lowest BCUT2D eigenvalue weighted by Gasteiger charge is -2.16. The fourth-order valence-electron chi connectivity index (χ4n) is 4.47. The van der Waals surface area contributed by atoms with Crippen molar-refractivity contribution in [3.63, 3.8) is 0 Å². The third-order valence-electron chi connectivity index (χ3n) is 6.01. The maximum Gasteiger partial charge on any atom is 0.340 e. The van der Waals surface area contributed by atoms with Crippen molar-refractivity contribution in [3.8, 4) is 0 Å². The Hall–Kier alpha value is -3.46. The molecule has 0 radical (unpaired) electrons. The number of Topliss-reactive ketones (excluding diaryl/α,β-unsaturated/α-hetero) is 1. The highest BCUT2D eigenvalue weighted by Crippen LogP contribution is 2.30. The Balaban J connectivity index is 1.49. The number of benzene rings is 4. The van der Waals surface area contributed by atoms with Gasteiger partial charge < -0.3 is 4.74 Å². The van der Waals surface area contributed by atoms with E-state index in [4.69, 9.17) is 4.74 Å². The highest BCUT2D eigenvalue weighted by atomic mass is 16.5. The maximum absolute atomic E-state index is 13.2. The van der Waals surface area contributed by atoms with Gasteiger partial charge in [0.15, 0.2) is 6.10 Å². The summed E-state index contributed by atoms with van der Waals surface area (Å²) < 4.78 is 5.70. The average molecular weight is 394 g/mol. The van der Waals surface area contributed by atoms with E-state index in [9.17, 15) is 9.59 Å². The summed E-state index contributed by atoms with van der Waals surface area (Å²) in [6, 6.07) is 23.4. The molecule has 0 heterocycles. The lowest BCUT2D eigenvalue weighted by atomic mass is 9.96. The van der Waals surface area contributed by atoms with Gasteiger partial charge in [-0.05, 0) is 71.0 Å². The Kier molecular flexibility index (Phi) is 4.59. The average Bonchev–Trinajstić information content (AvgIpc) is 3.24. The number of esters is 1. The Bertz CT molecular complexity index is 1250. The van der Waals surface area contributed by atoms with E-state index in [1.165, 1.54) is 11.1 Å². The van der Waals surface area contributed by atoms with E-state index in [-0.39, 0.29) is 5.78 Å². The molecular formula is C27H22O3. The van der Waals surface area contributed by atoms with Gasteiger partial charge in [-0.3, -0.25) is 4.79 Å². The van der Waals surface area contributed by atoms with Gasteiger partial charge in [0.25, 0.3) is 0 Å². The number of carbonyl (C=O) groups excluding carboxylic acids is 2. The zero-order chi connectivity index (χ0) is 20.7. The van der Waals surface area contributed by atoms with Crippen molar-refractivity contribution in [1.29, 1.82) is 0 Å². The molecule has 0 aromatic heterocycles. The first-order valence-electron chi connectivity index (χ1n) is 10.4. The molecule has 0 fully saturated rings. The molecule has 3 nitrogen and oxygen atoms in total. The van der Waals surface area contributed by atoms with Crippen LogP contribution in [0.3, 0.4) is 0 Å². The minimum Gasteiger partial charge on any atom is -0.451 e. The van der Waals surface area contributed by atoms with Crippen LogP contribution in [0.2, 0.25) is 0 Å². The molecule has 0 saturated heterocycles. The summed E-state index contributed by atoms with van der Waals surface area (Å²) in [7, 11) is 0. The number of carbonyl (C=O) groups is 2. The van der Waals surface area contributed by atoms with E-state index in [1.54, 1.807) is 6.92 Å². The van der Waals surface area contributed by atoms with Gasteiger partial charge in [0.05, 0.1) is 5.56 Å². The van der Waals surface area contributed by atoms with Crippen molar-refractivity contribution in [2.45, 2.75) is 32.3 Å². The molecular weight excluding hydrogens is 372 g/mol. The molecule has 0 amide bonds. The summed E-state index contributed by atoms with van der Waals surface area (Å²) in [5.41, 5.74) is 3.67. The molecule has 0 saturated carbocycles. The number of hydrogen-bond donors (Lipinski definition) is 0. The van der Waals surface area contributed by atoms with E-state index < -0.39 is 12.1 Å². The van der Waals surface area contributed by atoms with Crippen molar-refractivity contribution in [2.75, 3.05) is 0 Å². The lowest BCUT2D eigenvalue weighted by molar-refractivity contribution is 0.0322. The second kappa shape index (κ2) is 7.42. The van der Waals surface area contributed by atoms with Gasteiger partial charge in [-0.25, -0.2) is 4.79 Å². The fraction of sp³-hybridized carbons (Fsp3) is 0.185. The normalized spacial score (nSPS) is 13.9. The van der Waals surface area contributed by atoms with Crippen LogP contribution in [0.4, 0.5) is 0 Å². The zero-order valence-electron chi connectivity index (χ0n) is 16.9. The molecule has 1 atom stereocenters. The highest BCUT2D eigenvalue weighted by molar-refractivity contribution is 6.17. The Labute approximate surface area is 175 Å². The predicted molar refractivity (Wildman–Crippen MR) is 119 cm³/mol. The monoisotopic (exact) mass is 394 g/mol. The van der Waals surface area contributed by atoms with Gasteiger partial charge in [-0.1, -0.05) is 60.7 Å². The first kappa shape index (κ1) is 18.6. The smallest absolute Gasteiger partial charge is 0.340 e. The summed E-state index contributed by atoms with van der Waals surface area (Å²) in [5.74, 6) is -0.632. The van der Waals surface area contributed by atoms with E-state index >= 15 is 0 Å². The van der Waals surface area contributed by atoms with Gasteiger partial charge in [0.1, 0.15) is 0 Å². The van der Waals surface area contributed by atoms with Crippen molar-refractivity contribution in [3.05, 3.63) is 95.1 Å². The maximum atomic E-state index is 13.2. The first-order chi connectivity index (χ1) is 14.6. The second-order valence-electron chi connectivity index (χ2n) is 7.94. The molecule has 1 aliphatic rings. The van der Waals surface area contributed by atoms with Crippen LogP contribution in [0, 0.1) is 0 Å². The number of ether oxygens (including phenoxy) is 1. The summed E-state index contributed by atoms with van der Waals surface area (Å²) in [6.45, 7) is 1.65. The number of ketones is 1. The van der Waals surface area contributed by atoms with Gasteiger partial charge in [0, 0.05) is 5.56 Å². The van der Waals surface area contributed by atoms with Crippen LogP contribution in [0.1, 0.15) is 45.2 Å². The van der Waals surface area contributed by atoms with Crippen LogP contribution in [0.25, 0.3) is 21.5 Å². The molecule has 0 bridgehead atoms. The highest BCUT2D eigenvalue weighted by Gasteiger charge is 2.24. The van der Waals surface area contributed by atoms with Gasteiger partial charge in [0.2, 0.25) is 5.78 Å². The molecule has 5 rings (SSSR count). The Morgan fingerprint density at radius 1 is 0.800 bits per heavy atom. The number of fused-ring (bicyclic) bond motifs is 3. The molecule has 1 aliphatic carbocycles. The number of aryl methyl sites for hydroxylation is 2. The first-order valence-corrected chi connectivity index (χ1v) is 10.4. The third-order valence-corrected chi connectivity index (χ3v) is 6.01. The Morgan fingerprint density at radius 2 is 1.43 bits per heavy atom. The van der Waals surface area contributed by atoms with E-state index in [0.29, 0.717) is 11.1 Å². The minimum atomic E-state index is -0.852. The van der Waals surface area contributed by atoms with Crippen LogP contribution in [-0.4, -0.2) is 17.9 Å². The summed E-state index contributed by atoms with van der Waals surface area (Å²) in [6.07, 6.45) is 2.36. The van der Waals surface area contributed by atoms with Crippen molar-refractivity contribution < 1.29 is 14.3 Å². The van der Waals surface area contributed by atoms with E-state index in [0.717, 1.165) is 40.8 Å². The largest absolute Gasteiger partial charge is 0.451 e. The molecule has 0 unspecified atom stereocenters. The van der Waals surface area contributed by atoms with Crippen LogP contribution < -0.4 is 0 Å². The van der Waals surface area contributed by atoms with E-state index in [2.05, 4.69) is 6.07 Å². The lowest BCUT2D eigenvalue weighted by Crippen LogP contribution is -2.25. The van der Waals surface area contributed by atoms with Crippen molar-refractivity contribution in [1.82, 2.24) is 0 Å². The Morgan fingerprint density at radius 3 is 2.13 bits per heavy atom. The summed E-state index contributed by atoms with van der Waals surface area (Å²) in [5, 5.41) is 3.61. The van der Waals surface area contributed by atoms with Crippen LogP contribution >= 0.6 is 0 Å². The standard InChI is InChI=1S/C27H22O3/c1-17(26(28)22-14-13-18-9-6-10-19(18)15-22)30-27(29)25-23-11-4-2-7-20(23)16-21-8-3-5-12-24(21)25/h2-5,7-8,11-17H,6,9-10H2,1H3/t17-/m0/s1. The molecule has 3 heteroatoms. The SMILES string of the molecule is C[C@H](OC(=O)c1c2ccccc2cc2ccccc12)C(=O)c1ccc2c(c1)CCC2. The molecule has 4 aromatic rings. The number of hydrogen-bond acceptors (Lipinski definition) is 3. The molecule has 0 N–H and O–H groups in total. The van der Waals surface area contributed by atoms with Crippen LogP contribution in [-0.2, 0) is 17.6 Å². The van der Waals surface area contributed by atoms with E-state index in [1.807, 2.05) is 66.7 Å². The van der Waals surface area contributed by atoms with Crippen molar-refractivity contribution in [2.24, 2.45) is 0 Å². The molecule has 30 heavy (non-hydrogen) atoms.